The summed E-state index contributed by atoms with van der Waals surface area (Å²) in [6.45, 7) is 3.38. The number of hydrogen-bond donors (Lipinski definition) is 1. The molecule has 1 atom stereocenters. The number of esters is 1. The van der Waals surface area contributed by atoms with Crippen molar-refractivity contribution in [3.8, 4) is 0 Å². The highest BCUT2D eigenvalue weighted by Gasteiger charge is 2.39. The first kappa shape index (κ1) is 18.8. The van der Waals surface area contributed by atoms with Crippen LogP contribution in [-0.4, -0.2) is 13.1 Å². The van der Waals surface area contributed by atoms with Crippen molar-refractivity contribution in [2.24, 2.45) is 5.41 Å². The summed E-state index contributed by atoms with van der Waals surface area (Å²) < 4.78 is 43.3. The van der Waals surface area contributed by atoms with Crippen LogP contribution in [0.4, 0.5) is 18.9 Å². The number of halogens is 3. The largest absolute Gasteiger partial charge is 0.469 e. The van der Waals surface area contributed by atoms with E-state index in [2.05, 4.69) is 5.32 Å². The summed E-state index contributed by atoms with van der Waals surface area (Å²) in [6.07, 6.45) is -4.40. The van der Waals surface area contributed by atoms with Crippen molar-refractivity contribution in [1.82, 2.24) is 0 Å². The van der Waals surface area contributed by atoms with Crippen LogP contribution in [0.25, 0.3) is 0 Å². The highest BCUT2D eigenvalue weighted by Crippen LogP contribution is 2.38. The average molecular weight is 351 g/mol. The third-order valence-corrected chi connectivity index (χ3v) is 4.09. The number of rotatable bonds is 5. The smallest absolute Gasteiger partial charge is 0.416 e. The molecule has 25 heavy (non-hydrogen) atoms. The fourth-order valence-electron chi connectivity index (χ4n) is 2.63. The molecule has 0 amide bonds. The molecule has 0 bridgehead atoms. The molecule has 2 aromatic rings. The molecule has 0 unspecified atom stereocenters. The van der Waals surface area contributed by atoms with Crippen LogP contribution in [0, 0.1) is 5.41 Å². The van der Waals surface area contributed by atoms with Crippen LogP contribution >= 0.6 is 0 Å². The van der Waals surface area contributed by atoms with Gasteiger partial charge in [-0.25, -0.2) is 0 Å². The van der Waals surface area contributed by atoms with Crippen LogP contribution in [-0.2, 0) is 15.7 Å². The number of methoxy groups -OCH3 is 1. The van der Waals surface area contributed by atoms with Gasteiger partial charge >= 0.3 is 12.1 Å². The topological polar surface area (TPSA) is 38.3 Å². The zero-order valence-corrected chi connectivity index (χ0v) is 14.2. The van der Waals surface area contributed by atoms with Gasteiger partial charge in [0, 0.05) is 5.69 Å². The molecule has 134 valence electrons. The van der Waals surface area contributed by atoms with Gasteiger partial charge in [0.2, 0.25) is 0 Å². The molecule has 0 saturated heterocycles. The fourth-order valence-corrected chi connectivity index (χ4v) is 2.63. The minimum atomic E-state index is -4.40. The van der Waals surface area contributed by atoms with Crippen LogP contribution < -0.4 is 5.32 Å². The molecule has 0 aliphatic heterocycles. The molecule has 6 heteroatoms. The maximum Gasteiger partial charge on any atom is 0.416 e. The summed E-state index contributed by atoms with van der Waals surface area (Å²) in [5, 5.41) is 3.23. The van der Waals surface area contributed by atoms with E-state index in [1.54, 1.807) is 13.8 Å². The first-order valence-electron chi connectivity index (χ1n) is 7.73. The standard InChI is InChI=1S/C19H20F3NO2/c1-18(2,17(24)25-3)16(23-15-7-5-4-6-8-15)13-9-11-14(12-10-13)19(20,21)22/h4-12,16,23H,1-3H3/t16-/m1/s1. The molecule has 0 fully saturated rings. The summed E-state index contributed by atoms with van der Waals surface area (Å²) in [4.78, 5) is 12.2. The van der Waals surface area contributed by atoms with Gasteiger partial charge in [-0.2, -0.15) is 13.2 Å². The van der Waals surface area contributed by atoms with Gasteiger partial charge in [0.15, 0.2) is 0 Å². The molecule has 0 aliphatic carbocycles. The zero-order chi connectivity index (χ0) is 18.7. The fraction of sp³-hybridized carbons (Fsp3) is 0.316. The highest BCUT2D eigenvalue weighted by atomic mass is 19.4. The number of alkyl halides is 3. The molecule has 2 aromatic carbocycles. The van der Waals surface area contributed by atoms with E-state index in [1.165, 1.54) is 19.2 Å². The third kappa shape index (κ3) is 4.32. The average Bonchev–Trinajstić information content (AvgIpc) is 2.59. The summed E-state index contributed by atoms with van der Waals surface area (Å²) in [6, 6.07) is 13.4. The molecule has 2 rings (SSSR count). The number of hydrogen-bond acceptors (Lipinski definition) is 3. The predicted molar refractivity (Wildman–Crippen MR) is 90.0 cm³/mol. The van der Waals surface area contributed by atoms with E-state index in [9.17, 15) is 18.0 Å². The Balaban J connectivity index is 2.42. The Kier molecular flexibility index (Phi) is 5.40. The number of carbonyl (C=O) groups is 1. The van der Waals surface area contributed by atoms with Crippen molar-refractivity contribution < 1.29 is 22.7 Å². The van der Waals surface area contributed by atoms with Crippen LogP contribution in [0.2, 0.25) is 0 Å². The van der Waals surface area contributed by atoms with Crippen molar-refractivity contribution in [3.63, 3.8) is 0 Å². The number of para-hydroxylation sites is 1. The van der Waals surface area contributed by atoms with Gasteiger partial charge in [-0.1, -0.05) is 30.3 Å². The molecule has 1 N–H and O–H groups in total. The summed E-state index contributed by atoms with van der Waals surface area (Å²) in [7, 11) is 1.29. The Morgan fingerprint density at radius 2 is 1.56 bits per heavy atom. The SMILES string of the molecule is COC(=O)C(C)(C)[C@H](Nc1ccccc1)c1ccc(C(F)(F)F)cc1. The molecular formula is C19H20F3NO2. The van der Waals surface area contributed by atoms with Gasteiger partial charge in [0.25, 0.3) is 0 Å². The minimum Gasteiger partial charge on any atom is -0.469 e. The summed E-state index contributed by atoms with van der Waals surface area (Å²) in [5.41, 5.74) is -0.410. The van der Waals surface area contributed by atoms with Crippen LogP contribution in [0.3, 0.4) is 0 Å². The number of benzene rings is 2. The van der Waals surface area contributed by atoms with Crippen LogP contribution in [0.15, 0.2) is 54.6 Å². The normalized spacial score (nSPS) is 13.2. The first-order valence-corrected chi connectivity index (χ1v) is 7.73. The predicted octanol–water partition coefficient (Wildman–Crippen LogP) is 5.06. The van der Waals surface area contributed by atoms with Crippen molar-refractivity contribution >= 4 is 11.7 Å². The summed E-state index contributed by atoms with van der Waals surface area (Å²) in [5.74, 6) is -0.458. The van der Waals surface area contributed by atoms with Crippen molar-refractivity contribution in [1.29, 1.82) is 0 Å². The monoisotopic (exact) mass is 351 g/mol. The maximum atomic E-state index is 12.8. The lowest BCUT2D eigenvalue weighted by Gasteiger charge is -2.33. The molecule has 0 aromatic heterocycles. The first-order chi connectivity index (χ1) is 11.7. The van der Waals surface area contributed by atoms with Crippen molar-refractivity contribution in [3.05, 3.63) is 65.7 Å². The maximum absolute atomic E-state index is 12.8. The number of anilines is 1. The summed E-state index contributed by atoms with van der Waals surface area (Å²) >= 11 is 0. The Labute approximate surface area is 144 Å². The quantitative estimate of drug-likeness (QED) is 0.766. The second-order valence-corrected chi connectivity index (χ2v) is 6.28. The van der Waals surface area contributed by atoms with Crippen molar-refractivity contribution in [2.45, 2.75) is 26.1 Å². The lowest BCUT2D eigenvalue weighted by molar-refractivity contribution is -0.151. The second-order valence-electron chi connectivity index (χ2n) is 6.28. The van der Waals surface area contributed by atoms with E-state index < -0.39 is 29.2 Å². The van der Waals surface area contributed by atoms with E-state index in [0.29, 0.717) is 5.56 Å². The van der Waals surface area contributed by atoms with Gasteiger partial charge in [-0.15, -0.1) is 0 Å². The third-order valence-electron chi connectivity index (χ3n) is 4.09. The highest BCUT2D eigenvalue weighted by molar-refractivity contribution is 5.78. The van der Waals surface area contributed by atoms with Crippen molar-refractivity contribution in [2.75, 3.05) is 12.4 Å². The molecular weight excluding hydrogens is 331 g/mol. The molecule has 0 heterocycles. The molecule has 0 radical (unpaired) electrons. The Morgan fingerprint density at radius 1 is 1.00 bits per heavy atom. The number of nitrogens with one attached hydrogen (secondary N) is 1. The van der Waals surface area contributed by atoms with Gasteiger partial charge in [-0.05, 0) is 43.7 Å². The van der Waals surface area contributed by atoms with E-state index in [1.807, 2.05) is 30.3 Å². The van der Waals surface area contributed by atoms with Crippen LogP contribution in [0.1, 0.15) is 31.0 Å². The van der Waals surface area contributed by atoms with Gasteiger partial charge in [-0.3, -0.25) is 4.79 Å². The van der Waals surface area contributed by atoms with Gasteiger partial charge in [0.1, 0.15) is 0 Å². The van der Waals surface area contributed by atoms with E-state index >= 15 is 0 Å². The lowest BCUT2D eigenvalue weighted by atomic mass is 9.80. The number of carbonyl (C=O) groups excluding carboxylic acids is 1. The van der Waals surface area contributed by atoms with E-state index in [-0.39, 0.29) is 0 Å². The molecule has 3 nitrogen and oxygen atoms in total. The molecule has 0 saturated carbocycles. The zero-order valence-electron chi connectivity index (χ0n) is 14.2. The van der Waals surface area contributed by atoms with Gasteiger partial charge in [0.05, 0.1) is 24.1 Å². The Hall–Kier alpha value is -2.50. The molecule has 0 aliphatic rings. The minimum absolute atomic E-state index is 0.458. The second kappa shape index (κ2) is 7.17. The Morgan fingerprint density at radius 3 is 2.04 bits per heavy atom. The lowest BCUT2D eigenvalue weighted by Crippen LogP contribution is -2.36. The van der Waals surface area contributed by atoms with Crippen LogP contribution in [0.5, 0.6) is 0 Å². The van der Waals surface area contributed by atoms with E-state index in [0.717, 1.165) is 17.8 Å². The molecule has 0 spiro atoms. The Bertz CT molecular complexity index is 710. The van der Waals surface area contributed by atoms with Gasteiger partial charge < -0.3 is 10.1 Å². The van der Waals surface area contributed by atoms with E-state index in [4.69, 9.17) is 4.74 Å². The number of ether oxygens (including phenoxy) is 1.